The minimum Gasteiger partial charge on any atom is -0.497 e. The minimum atomic E-state index is -0.618. The first-order chi connectivity index (χ1) is 16.9. The van der Waals surface area contributed by atoms with Gasteiger partial charge in [-0.25, -0.2) is 4.90 Å². The second-order valence-electron chi connectivity index (χ2n) is 9.66. The number of methoxy groups -OCH3 is 1. The fraction of sp³-hybridized carbons (Fsp3) is 0.407. The SMILES string of the molecule is COc1ccc(N2C[C@H](C(=O)Oc3cccc(N4C(=O)[C@H]5C[C@@H](C)CC[C@H]5C4=O)c3)CC2=O)cc1. The van der Waals surface area contributed by atoms with E-state index in [1.807, 2.05) is 0 Å². The van der Waals surface area contributed by atoms with Crippen molar-refractivity contribution in [3.8, 4) is 11.5 Å². The Bertz CT molecular complexity index is 1180. The zero-order chi connectivity index (χ0) is 24.7. The average Bonchev–Trinajstić information content (AvgIpc) is 3.36. The van der Waals surface area contributed by atoms with E-state index in [2.05, 4.69) is 6.92 Å². The Labute approximate surface area is 203 Å². The maximum absolute atomic E-state index is 13.0. The summed E-state index contributed by atoms with van der Waals surface area (Å²) in [5.41, 5.74) is 1.10. The quantitative estimate of drug-likeness (QED) is 0.372. The smallest absolute Gasteiger partial charge is 0.316 e. The van der Waals surface area contributed by atoms with E-state index in [9.17, 15) is 19.2 Å². The van der Waals surface area contributed by atoms with Crippen molar-refractivity contribution in [1.82, 2.24) is 0 Å². The van der Waals surface area contributed by atoms with Gasteiger partial charge in [-0.2, -0.15) is 0 Å². The number of esters is 1. The van der Waals surface area contributed by atoms with E-state index in [1.165, 1.54) is 4.90 Å². The molecule has 182 valence electrons. The molecule has 2 aromatic carbocycles. The Balaban J connectivity index is 1.27. The number of carbonyl (C=O) groups excluding carboxylic acids is 4. The van der Waals surface area contributed by atoms with Crippen LogP contribution < -0.4 is 19.3 Å². The van der Waals surface area contributed by atoms with Crippen molar-refractivity contribution in [3.05, 3.63) is 48.5 Å². The summed E-state index contributed by atoms with van der Waals surface area (Å²) in [4.78, 5) is 54.3. The van der Waals surface area contributed by atoms with E-state index in [0.29, 0.717) is 23.0 Å². The van der Waals surface area contributed by atoms with Crippen LogP contribution in [0.3, 0.4) is 0 Å². The molecule has 0 aromatic heterocycles. The van der Waals surface area contributed by atoms with E-state index in [1.54, 1.807) is 60.5 Å². The van der Waals surface area contributed by atoms with E-state index in [-0.39, 0.29) is 48.3 Å². The molecule has 2 aliphatic heterocycles. The van der Waals surface area contributed by atoms with Gasteiger partial charge in [-0.1, -0.05) is 13.0 Å². The number of hydrogen-bond acceptors (Lipinski definition) is 6. The van der Waals surface area contributed by atoms with Gasteiger partial charge in [0.15, 0.2) is 0 Å². The first-order valence-corrected chi connectivity index (χ1v) is 12.0. The summed E-state index contributed by atoms with van der Waals surface area (Å²) < 4.78 is 10.7. The number of carbonyl (C=O) groups is 4. The van der Waals surface area contributed by atoms with Crippen molar-refractivity contribution in [2.45, 2.75) is 32.6 Å². The molecule has 2 heterocycles. The molecule has 35 heavy (non-hydrogen) atoms. The molecule has 1 aliphatic carbocycles. The van der Waals surface area contributed by atoms with Crippen LogP contribution in [0.5, 0.6) is 11.5 Å². The van der Waals surface area contributed by atoms with Gasteiger partial charge in [0.05, 0.1) is 30.6 Å². The lowest BCUT2D eigenvalue weighted by atomic mass is 9.76. The standard InChI is InChI=1S/C27H28N2O6/c1-16-6-11-22-23(12-16)26(32)29(25(22)31)19-4-3-5-21(14-19)35-27(33)17-13-24(30)28(15-17)18-7-9-20(34-2)10-8-18/h3-5,7-10,14,16-17,22-23H,6,11-13,15H2,1-2H3/t16-,17+,22+,23-/m0/s1. The van der Waals surface area contributed by atoms with Gasteiger partial charge in [0.1, 0.15) is 11.5 Å². The number of benzene rings is 2. The number of ether oxygens (including phenoxy) is 2. The topological polar surface area (TPSA) is 93.2 Å². The lowest BCUT2D eigenvalue weighted by Crippen LogP contribution is -2.31. The Kier molecular flexibility index (Phi) is 6.05. The molecule has 0 spiro atoms. The summed E-state index contributed by atoms with van der Waals surface area (Å²) in [6.45, 7) is 2.33. The van der Waals surface area contributed by atoms with E-state index >= 15 is 0 Å². The average molecular weight is 477 g/mol. The second-order valence-corrected chi connectivity index (χ2v) is 9.66. The van der Waals surface area contributed by atoms with Gasteiger partial charge >= 0.3 is 5.97 Å². The van der Waals surface area contributed by atoms with Crippen LogP contribution in [0, 0.1) is 23.7 Å². The molecule has 0 radical (unpaired) electrons. The maximum Gasteiger partial charge on any atom is 0.316 e. The fourth-order valence-electron chi connectivity index (χ4n) is 5.41. The first-order valence-electron chi connectivity index (χ1n) is 12.0. The first kappa shape index (κ1) is 23.1. The Morgan fingerprint density at radius 1 is 0.914 bits per heavy atom. The molecule has 0 unspecified atom stereocenters. The molecule has 3 fully saturated rings. The Morgan fingerprint density at radius 3 is 2.40 bits per heavy atom. The van der Waals surface area contributed by atoms with Gasteiger partial charge in [0, 0.05) is 24.7 Å². The zero-order valence-corrected chi connectivity index (χ0v) is 19.8. The molecule has 8 nitrogen and oxygen atoms in total. The van der Waals surface area contributed by atoms with Gasteiger partial charge in [-0.15, -0.1) is 0 Å². The van der Waals surface area contributed by atoms with Crippen LogP contribution in [-0.2, 0) is 19.2 Å². The molecule has 0 N–H and O–H groups in total. The zero-order valence-electron chi connectivity index (χ0n) is 19.8. The molecule has 3 aliphatic rings. The number of imide groups is 1. The Morgan fingerprint density at radius 2 is 1.66 bits per heavy atom. The van der Waals surface area contributed by atoms with Crippen molar-refractivity contribution in [1.29, 1.82) is 0 Å². The molecule has 2 saturated heterocycles. The molecule has 3 amide bonds. The van der Waals surface area contributed by atoms with Crippen molar-refractivity contribution in [2.24, 2.45) is 23.7 Å². The van der Waals surface area contributed by atoms with E-state index < -0.39 is 11.9 Å². The van der Waals surface area contributed by atoms with Gasteiger partial charge in [0.2, 0.25) is 17.7 Å². The van der Waals surface area contributed by atoms with Crippen LogP contribution in [0.25, 0.3) is 0 Å². The van der Waals surface area contributed by atoms with Crippen molar-refractivity contribution in [2.75, 3.05) is 23.5 Å². The highest BCUT2D eigenvalue weighted by atomic mass is 16.5. The molecule has 4 atom stereocenters. The third kappa shape index (κ3) is 4.29. The lowest BCUT2D eigenvalue weighted by molar-refractivity contribution is -0.139. The summed E-state index contributed by atoms with van der Waals surface area (Å²) in [6.07, 6.45) is 2.44. The number of anilines is 2. The predicted molar refractivity (Wildman–Crippen MR) is 128 cm³/mol. The number of amides is 3. The van der Waals surface area contributed by atoms with Crippen LogP contribution in [-0.4, -0.2) is 37.3 Å². The van der Waals surface area contributed by atoms with E-state index in [4.69, 9.17) is 9.47 Å². The maximum atomic E-state index is 13.0. The van der Waals surface area contributed by atoms with Crippen LogP contribution >= 0.6 is 0 Å². The van der Waals surface area contributed by atoms with Crippen molar-refractivity contribution < 1.29 is 28.7 Å². The monoisotopic (exact) mass is 476 g/mol. The van der Waals surface area contributed by atoms with Gasteiger partial charge < -0.3 is 14.4 Å². The van der Waals surface area contributed by atoms with E-state index in [0.717, 1.165) is 19.3 Å². The minimum absolute atomic E-state index is 0.0508. The molecule has 2 aromatic rings. The van der Waals surface area contributed by atoms with Crippen LogP contribution in [0.15, 0.2) is 48.5 Å². The largest absolute Gasteiger partial charge is 0.497 e. The van der Waals surface area contributed by atoms with Gasteiger partial charge in [0.25, 0.3) is 0 Å². The number of fused-ring (bicyclic) bond motifs is 1. The fourth-order valence-corrected chi connectivity index (χ4v) is 5.41. The Hall–Kier alpha value is -3.68. The van der Waals surface area contributed by atoms with Crippen molar-refractivity contribution >= 4 is 35.1 Å². The molecule has 5 rings (SSSR count). The third-order valence-electron chi connectivity index (χ3n) is 7.32. The number of hydrogen-bond donors (Lipinski definition) is 0. The predicted octanol–water partition coefficient (Wildman–Crippen LogP) is 3.58. The van der Waals surface area contributed by atoms with Crippen molar-refractivity contribution in [3.63, 3.8) is 0 Å². The third-order valence-corrected chi connectivity index (χ3v) is 7.32. The summed E-state index contributed by atoms with van der Waals surface area (Å²) in [5.74, 6) is -0.835. The van der Waals surface area contributed by atoms with Crippen LogP contribution in [0.1, 0.15) is 32.6 Å². The molecular weight excluding hydrogens is 448 g/mol. The second kappa shape index (κ2) is 9.17. The number of nitrogens with zero attached hydrogens (tertiary/aromatic N) is 2. The summed E-state index contributed by atoms with van der Waals surface area (Å²) >= 11 is 0. The molecule has 0 bridgehead atoms. The summed E-state index contributed by atoms with van der Waals surface area (Å²) in [6, 6.07) is 13.6. The van der Waals surface area contributed by atoms with Gasteiger partial charge in [-0.05, 0) is 61.6 Å². The summed E-state index contributed by atoms with van der Waals surface area (Å²) in [5, 5.41) is 0. The van der Waals surface area contributed by atoms with Crippen LogP contribution in [0.4, 0.5) is 11.4 Å². The highest BCUT2D eigenvalue weighted by Gasteiger charge is 2.50. The van der Waals surface area contributed by atoms with Gasteiger partial charge in [-0.3, -0.25) is 19.2 Å². The molecule has 8 heteroatoms. The summed E-state index contributed by atoms with van der Waals surface area (Å²) in [7, 11) is 1.57. The molecular formula is C27H28N2O6. The lowest BCUT2D eigenvalue weighted by Gasteiger charge is -2.25. The highest BCUT2D eigenvalue weighted by Crippen LogP contribution is 2.42. The van der Waals surface area contributed by atoms with Crippen LogP contribution in [0.2, 0.25) is 0 Å². The normalized spacial score (nSPS) is 26.2. The highest BCUT2D eigenvalue weighted by molar-refractivity contribution is 6.22. The number of rotatable bonds is 5. The molecule has 1 saturated carbocycles.